The minimum absolute atomic E-state index is 0.431. The minimum atomic E-state index is 0.431. The molecular weight excluding hydrogens is 226 g/mol. The fourth-order valence-corrected chi connectivity index (χ4v) is 1.47. The lowest BCUT2D eigenvalue weighted by Crippen LogP contribution is -1.82. The van der Waals surface area contributed by atoms with Crippen molar-refractivity contribution in [3.63, 3.8) is 0 Å². The highest BCUT2D eigenvalue weighted by molar-refractivity contribution is 6.31. The summed E-state index contributed by atoms with van der Waals surface area (Å²) in [4.78, 5) is 9.18. The molecule has 0 atom stereocenters. The molecule has 0 radical (unpaired) electrons. The van der Waals surface area contributed by atoms with E-state index in [0.717, 1.165) is 5.02 Å². The van der Waals surface area contributed by atoms with Crippen LogP contribution in [0, 0.1) is 0 Å². The second kappa shape index (κ2) is 6.18. The molecule has 3 nitrogen and oxygen atoms in total. The molecule has 0 aliphatic heterocycles. The van der Waals surface area contributed by atoms with E-state index in [-0.39, 0.29) is 0 Å². The van der Waals surface area contributed by atoms with Gasteiger partial charge in [-0.05, 0) is 30.5 Å². The molecule has 1 aromatic carbocycles. The van der Waals surface area contributed by atoms with Crippen LogP contribution in [0.15, 0.2) is 30.5 Å². The first-order valence-corrected chi connectivity index (χ1v) is 5.32. The molecule has 0 aliphatic carbocycles. The zero-order valence-corrected chi connectivity index (χ0v) is 10.1. The predicted octanol–water partition coefficient (Wildman–Crippen LogP) is 3.01. The summed E-state index contributed by atoms with van der Waals surface area (Å²) in [5, 5.41) is 2.02. The van der Waals surface area contributed by atoms with Crippen LogP contribution in [0.1, 0.15) is 6.92 Å². The summed E-state index contributed by atoms with van der Waals surface area (Å²) in [7, 11) is 2.01. The van der Waals surface area contributed by atoms with E-state index >= 15 is 0 Å². The van der Waals surface area contributed by atoms with E-state index in [9.17, 15) is 4.79 Å². The van der Waals surface area contributed by atoms with Crippen molar-refractivity contribution in [1.29, 1.82) is 0 Å². The molecule has 86 valence electrons. The van der Waals surface area contributed by atoms with Crippen LogP contribution in [0.3, 0.4) is 0 Å². The second-order valence-electron chi connectivity index (χ2n) is 3.18. The summed E-state index contributed by atoms with van der Waals surface area (Å²) in [6.45, 7) is 2.66. The molecule has 0 N–H and O–H groups in total. The molecule has 0 saturated carbocycles. The maximum absolute atomic E-state index is 9.18. The van der Waals surface area contributed by atoms with Gasteiger partial charge in [0.1, 0.15) is 0 Å². The van der Waals surface area contributed by atoms with Gasteiger partial charge in [-0.3, -0.25) is 4.79 Å². The van der Waals surface area contributed by atoms with Crippen LogP contribution in [-0.4, -0.2) is 17.6 Å². The van der Waals surface area contributed by atoms with Crippen LogP contribution in [0.4, 0.5) is 0 Å². The molecule has 0 saturated heterocycles. The summed E-state index contributed by atoms with van der Waals surface area (Å²) in [6.07, 6.45) is 2.03. The van der Waals surface area contributed by atoms with Crippen LogP contribution in [0.25, 0.3) is 10.9 Å². The standard InChI is InChI=1S/C9H8ClN.C3H6O2/c1-11-5-4-7-2-3-8(10)6-9(7)11;1-2-5-3-4/h2-6H,1H3;3H,2H2,1H3. The summed E-state index contributed by atoms with van der Waals surface area (Å²) >= 11 is 5.83. The number of hydrogen-bond donors (Lipinski definition) is 0. The van der Waals surface area contributed by atoms with Gasteiger partial charge in [-0.2, -0.15) is 0 Å². The van der Waals surface area contributed by atoms with Crippen molar-refractivity contribution in [2.45, 2.75) is 6.92 Å². The summed E-state index contributed by atoms with van der Waals surface area (Å²) in [6, 6.07) is 7.98. The molecule has 4 heteroatoms. The second-order valence-corrected chi connectivity index (χ2v) is 3.62. The molecule has 0 fully saturated rings. The highest BCUT2D eigenvalue weighted by Crippen LogP contribution is 2.19. The Morgan fingerprint density at radius 2 is 2.19 bits per heavy atom. The molecule has 2 aromatic rings. The van der Waals surface area contributed by atoms with Crippen molar-refractivity contribution in [3.05, 3.63) is 35.5 Å². The third-order valence-corrected chi connectivity index (χ3v) is 2.32. The Morgan fingerprint density at radius 3 is 2.75 bits per heavy atom. The first-order valence-electron chi connectivity index (χ1n) is 4.95. The van der Waals surface area contributed by atoms with Crippen LogP contribution >= 0.6 is 11.6 Å². The van der Waals surface area contributed by atoms with Gasteiger partial charge < -0.3 is 9.30 Å². The number of ether oxygens (including phenoxy) is 1. The number of rotatable bonds is 2. The minimum Gasteiger partial charge on any atom is -0.468 e. The van der Waals surface area contributed by atoms with Crippen LogP contribution < -0.4 is 0 Å². The SMILES string of the molecule is CCOC=O.Cn1ccc2ccc(Cl)cc21. The van der Waals surface area contributed by atoms with E-state index < -0.39 is 0 Å². The van der Waals surface area contributed by atoms with E-state index in [4.69, 9.17) is 11.6 Å². The van der Waals surface area contributed by atoms with Crippen molar-refractivity contribution in [3.8, 4) is 0 Å². The Labute approximate surface area is 99.6 Å². The third kappa shape index (κ3) is 3.28. The Bertz CT molecular complexity index is 465. The molecule has 0 amide bonds. The van der Waals surface area contributed by atoms with Gasteiger partial charge in [0.25, 0.3) is 6.47 Å². The number of carbonyl (C=O) groups excluding carboxylic acids is 1. The average molecular weight is 240 g/mol. The first-order chi connectivity index (χ1) is 7.69. The van der Waals surface area contributed by atoms with Gasteiger partial charge in [-0.25, -0.2) is 0 Å². The van der Waals surface area contributed by atoms with Gasteiger partial charge >= 0.3 is 0 Å². The van der Waals surface area contributed by atoms with Gasteiger partial charge in [-0.15, -0.1) is 0 Å². The van der Waals surface area contributed by atoms with Gasteiger partial charge in [0.2, 0.25) is 0 Å². The number of aryl methyl sites for hydroxylation is 1. The molecular formula is C12H14ClNO2. The summed E-state index contributed by atoms with van der Waals surface area (Å²) in [5.41, 5.74) is 1.18. The van der Waals surface area contributed by atoms with Crippen molar-refractivity contribution < 1.29 is 9.53 Å². The maximum Gasteiger partial charge on any atom is 0.293 e. The Kier molecular flexibility index (Phi) is 4.86. The monoisotopic (exact) mass is 239 g/mol. The lowest BCUT2D eigenvalue weighted by Gasteiger charge is -1.95. The predicted molar refractivity (Wildman–Crippen MR) is 65.6 cm³/mol. The average Bonchev–Trinajstić information content (AvgIpc) is 2.63. The molecule has 0 spiro atoms. The normalized spacial score (nSPS) is 9.44. The number of nitrogens with zero attached hydrogens (tertiary/aromatic N) is 1. The van der Waals surface area contributed by atoms with E-state index in [1.54, 1.807) is 6.92 Å². The van der Waals surface area contributed by atoms with Crippen molar-refractivity contribution >= 4 is 29.0 Å². The molecule has 1 heterocycles. The van der Waals surface area contributed by atoms with Gasteiger partial charge in [-0.1, -0.05) is 17.7 Å². The van der Waals surface area contributed by atoms with Crippen LogP contribution in [0.5, 0.6) is 0 Å². The molecule has 2 rings (SSSR count). The third-order valence-electron chi connectivity index (χ3n) is 2.08. The molecule has 16 heavy (non-hydrogen) atoms. The van der Waals surface area contributed by atoms with Crippen LogP contribution in [0.2, 0.25) is 5.02 Å². The molecule has 0 bridgehead atoms. The van der Waals surface area contributed by atoms with E-state index in [0.29, 0.717) is 13.1 Å². The van der Waals surface area contributed by atoms with Gasteiger partial charge in [0.05, 0.1) is 6.61 Å². The van der Waals surface area contributed by atoms with Crippen LogP contribution in [-0.2, 0) is 16.6 Å². The molecule has 0 unspecified atom stereocenters. The highest BCUT2D eigenvalue weighted by Gasteiger charge is 1.96. The van der Waals surface area contributed by atoms with E-state index in [1.807, 2.05) is 31.4 Å². The fourth-order valence-electron chi connectivity index (χ4n) is 1.30. The number of fused-ring (bicyclic) bond motifs is 1. The van der Waals surface area contributed by atoms with Crippen molar-refractivity contribution in [1.82, 2.24) is 4.57 Å². The van der Waals surface area contributed by atoms with Gasteiger partial charge in [0.15, 0.2) is 0 Å². The Hall–Kier alpha value is -1.48. The van der Waals surface area contributed by atoms with Crippen molar-refractivity contribution in [2.75, 3.05) is 6.61 Å². The topological polar surface area (TPSA) is 31.2 Å². The zero-order chi connectivity index (χ0) is 12.0. The zero-order valence-electron chi connectivity index (χ0n) is 9.31. The van der Waals surface area contributed by atoms with Crippen molar-refractivity contribution in [2.24, 2.45) is 7.05 Å². The smallest absolute Gasteiger partial charge is 0.293 e. The summed E-state index contributed by atoms with van der Waals surface area (Å²) < 4.78 is 6.21. The fraction of sp³-hybridized carbons (Fsp3) is 0.250. The molecule has 0 aliphatic rings. The first kappa shape index (κ1) is 12.6. The number of hydrogen-bond acceptors (Lipinski definition) is 2. The maximum atomic E-state index is 9.18. The number of halogens is 1. The molecule has 1 aromatic heterocycles. The van der Waals surface area contributed by atoms with Gasteiger partial charge in [0, 0.05) is 23.8 Å². The Balaban J connectivity index is 0.000000221. The number of carbonyl (C=O) groups is 1. The highest BCUT2D eigenvalue weighted by atomic mass is 35.5. The lowest BCUT2D eigenvalue weighted by atomic mass is 10.2. The largest absolute Gasteiger partial charge is 0.468 e. The lowest BCUT2D eigenvalue weighted by molar-refractivity contribution is -0.128. The number of aromatic nitrogens is 1. The number of benzene rings is 1. The quantitative estimate of drug-likeness (QED) is 0.755. The summed E-state index contributed by atoms with van der Waals surface area (Å²) in [5.74, 6) is 0. The Morgan fingerprint density at radius 1 is 1.44 bits per heavy atom. The van der Waals surface area contributed by atoms with E-state index in [1.165, 1.54) is 10.9 Å². The van der Waals surface area contributed by atoms with E-state index in [2.05, 4.69) is 15.4 Å².